The first kappa shape index (κ1) is 13.7. The minimum atomic E-state index is 0.234. The number of hydrogen-bond acceptors (Lipinski definition) is 2. The van der Waals surface area contributed by atoms with Gasteiger partial charge in [-0.15, -0.1) is 0 Å². The van der Waals surface area contributed by atoms with E-state index in [4.69, 9.17) is 0 Å². The van der Waals surface area contributed by atoms with E-state index in [2.05, 4.69) is 17.1 Å². The van der Waals surface area contributed by atoms with Crippen molar-refractivity contribution in [3.05, 3.63) is 0 Å². The van der Waals surface area contributed by atoms with E-state index in [0.717, 1.165) is 44.8 Å². The molecule has 2 fully saturated rings. The average molecular weight is 253 g/mol. The van der Waals surface area contributed by atoms with Crippen molar-refractivity contribution in [3.63, 3.8) is 0 Å². The third-order valence-electron chi connectivity index (χ3n) is 4.38. The molecule has 2 heterocycles. The third-order valence-corrected chi connectivity index (χ3v) is 4.38. The highest BCUT2D eigenvalue weighted by Gasteiger charge is 2.33. The van der Waals surface area contributed by atoms with Crippen molar-refractivity contribution < 1.29 is 4.79 Å². The summed E-state index contributed by atoms with van der Waals surface area (Å²) < 4.78 is 0. The summed E-state index contributed by atoms with van der Waals surface area (Å²) >= 11 is 0. The molecule has 4 nitrogen and oxygen atoms in total. The summed E-state index contributed by atoms with van der Waals surface area (Å²) in [6.07, 6.45) is 6.05. The molecule has 0 bridgehead atoms. The topological polar surface area (TPSA) is 35.6 Å². The molecule has 4 heteroatoms. The predicted molar refractivity (Wildman–Crippen MR) is 73.6 cm³/mol. The van der Waals surface area contributed by atoms with Crippen LogP contribution in [0.15, 0.2) is 0 Å². The molecule has 0 radical (unpaired) electrons. The van der Waals surface area contributed by atoms with E-state index in [9.17, 15) is 4.79 Å². The summed E-state index contributed by atoms with van der Waals surface area (Å²) in [6, 6.07) is 0.671. The van der Waals surface area contributed by atoms with E-state index < -0.39 is 0 Å². The molecule has 0 aromatic heterocycles. The number of amides is 2. The van der Waals surface area contributed by atoms with Gasteiger partial charge in [0.2, 0.25) is 0 Å². The van der Waals surface area contributed by atoms with Gasteiger partial charge in [0.1, 0.15) is 0 Å². The summed E-state index contributed by atoms with van der Waals surface area (Å²) in [4.78, 5) is 16.1. The fourth-order valence-corrected chi connectivity index (χ4v) is 3.15. The van der Waals surface area contributed by atoms with Crippen molar-refractivity contribution in [2.75, 3.05) is 33.2 Å². The fraction of sp³-hybridized carbons (Fsp3) is 0.929. The van der Waals surface area contributed by atoms with Crippen LogP contribution in [0.5, 0.6) is 0 Å². The van der Waals surface area contributed by atoms with Crippen LogP contribution in [0, 0.1) is 5.92 Å². The summed E-state index contributed by atoms with van der Waals surface area (Å²) in [6.45, 7) is 6.37. The van der Waals surface area contributed by atoms with Crippen LogP contribution < -0.4 is 5.32 Å². The van der Waals surface area contributed by atoms with Gasteiger partial charge in [0, 0.05) is 20.1 Å². The van der Waals surface area contributed by atoms with E-state index in [1.165, 1.54) is 19.4 Å². The second-order valence-corrected chi connectivity index (χ2v) is 5.78. The smallest absolute Gasteiger partial charge is 0.320 e. The van der Waals surface area contributed by atoms with Gasteiger partial charge in [-0.05, 0) is 44.7 Å². The van der Waals surface area contributed by atoms with E-state index in [0.29, 0.717) is 6.04 Å². The SMILES string of the molecule is CCCC1CN(CCC2CCCNC2)C(=O)N1C. The Labute approximate surface area is 111 Å². The van der Waals surface area contributed by atoms with Crippen LogP contribution in [-0.2, 0) is 0 Å². The summed E-state index contributed by atoms with van der Waals surface area (Å²) in [5.41, 5.74) is 0. The molecule has 0 aromatic rings. The number of nitrogens with one attached hydrogen (secondary N) is 1. The molecule has 2 atom stereocenters. The van der Waals surface area contributed by atoms with Crippen molar-refractivity contribution in [1.82, 2.24) is 15.1 Å². The number of carbonyl (C=O) groups excluding carboxylic acids is 1. The number of rotatable bonds is 5. The predicted octanol–water partition coefficient (Wildman–Crippen LogP) is 1.91. The maximum absolute atomic E-state index is 12.1. The van der Waals surface area contributed by atoms with E-state index >= 15 is 0 Å². The number of hydrogen-bond donors (Lipinski definition) is 1. The molecule has 18 heavy (non-hydrogen) atoms. The Balaban J connectivity index is 1.77. The molecular formula is C14H27N3O. The first-order chi connectivity index (χ1) is 8.72. The Morgan fingerprint density at radius 1 is 1.39 bits per heavy atom. The Morgan fingerprint density at radius 2 is 2.22 bits per heavy atom. The molecule has 0 spiro atoms. The first-order valence-corrected chi connectivity index (χ1v) is 7.44. The molecular weight excluding hydrogens is 226 g/mol. The minimum Gasteiger partial charge on any atom is -0.323 e. The van der Waals surface area contributed by atoms with Crippen LogP contribution in [0.3, 0.4) is 0 Å². The lowest BCUT2D eigenvalue weighted by Crippen LogP contribution is -2.35. The Bertz CT molecular complexity index is 276. The van der Waals surface area contributed by atoms with Gasteiger partial charge < -0.3 is 15.1 Å². The van der Waals surface area contributed by atoms with Crippen LogP contribution in [0.2, 0.25) is 0 Å². The molecule has 2 unspecified atom stereocenters. The Morgan fingerprint density at radius 3 is 2.89 bits per heavy atom. The molecule has 0 saturated carbocycles. The van der Waals surface area contributed by atoms with Crippen molar-refractivity contribution in [2.45, 2.75) is 45.1 Å². The summed E-state index contributed by atoms with van der Waals surface area (Å²) in [5, 5.41) is 3.45. The minimum absolute atomic E-state index is 0.234. The highest BCUT2D eigenvalue weighted by atomic mass is 16.2. The Kier molecular flexibility index (Phi) is 4.87. The van der Waals surface area contributed by atoms with E-state index in [-0.39, 0.29) is 6.03 Å². The summed E-state index contributed by atoms with van der Waals surface area (Å²) in [5.74, 6) is 0.766. The number of piperidine rings is 1. The van der Waals surface area contributed by atoms with Gasteiger partial charge in [-0.3, -0.25) is 0 Å². The van der Waals surface area contributed by atoms with Gasteiger partial charge >= 0.3 is 6.03 Å². The second-order valence-electron chi connectivity index (χ2n) is 5.78. The molecule has 1 N–H and O–H groups in total. The number of urea groups is 1. The van der Waals surface area contributed by atoms with Crippen molar-refractivity contribution in [1.29, 1.82) is 0 Å². The van der Waals surface area contributed by atoms with Crippen LogP contribution in [0.1, 0.15) is 39.0 Å². The molecule has 0 aromatic carbocycles. The first-order valence-electron chi connectivity index (χ1n) is 7.44. The van der Waals surface area contributed by atoms with E-state index in [1.807, 2.05) is 11.9 Å². The zero-order valence-electron chi connectivity index (χ0n) is 11.8. The van der Waals surface area contributed by atoms with Gasteiger partial charge in [0.25, 0.3) is 0 Å². The van der Waals surface area contributed by atoms with Gasteiger partial charge in [0.05, 0.1) is 6.04 Å². The van der Waals surface area contributed by atoms with Gasteiger partial charge in [-0.25, -0.2) is 4.79 Å². The van der Waals surface area contributed by atoms with Gasteiger partial charge in [-0.2, -0.15) is 0 Å². The van der Waals surface area contributed by atoms with Crippen LogP contribution in [0.4, 0.5) is 4.79 Å². The molecule has 2 amide bonds. The maximum atomic E-state index is 12.1. The standard InChI is InChI=1S/C14H27N3O/c1-3-5-13-11-17(14(18)16(13)2)9-7-12-6-4-8-15-10-12/h12-13,15H,3-11H2,1-2H3. The normalized spacial score (nSPS) is 29.1. The molecule has 2 aliphatic rings. The third kappa shape index (κ3) is 3.16. The number of nitrogens with zero attached hydrogens (tertiary/aromatic N) is 2. The number of carbonyl (C=O) groups is 1. The van der Waals surface area contributed by atoms with Gasteiger partial charge in [-0.1, -0.05) is 13.3 Å². The zero-order valence-corrected chi connectivity index (χ0v) is 11.8. The van der Waals surface area contributed by atoms with Gasteiger partial charge in [0.15, 0.2) is 0 Å². The molecule has 0 aliphatic carbocycles. The molecule has 2 saturated heterocycles. The molecule has 2 aliphatic heterocycles. The molecule has 104 valence electrons. The maximum Gasteiger partial charge on any atom is 0.320 e. The van der Waals surface area contributed by atoms with Crippen molar-refractivity contribution >= 4 is 6.03 Å². The largest absolute Gasteiger partial charge is 0.323 e. The lowest BCUT2D eigenvalue weighted by Gasteiger charge is -2.25. The Hall–Kier alpha value is -0.770. The monoisotopic (exact) mass is 253 g/mol. The lowest BCUT2D eigenvalue weighted by molar-refractivity contribution is 0.191. The molecule has 2 rings (SSSR count). The van der Waals surface area contributed by atoms with Crippen molar-refractivity contribution in [3.8, 4) is 0 Å². The zero-order chi connectivity index (χ0) is 13.0. The second kappa shape index (κ2) is 6.41. The summed E-state index contributed by atoms with van der Waals surface area (Å²) in [7, 11) is 1.95. The van der Waals surface area contributed by atoms with Crippen LogP contribution in [-0.4, -0.2) is 55.1 Å². The highest BCUT2D eigenvalue weighted by molar-refractivity contribution is 5.76. The average Bonchev–Trinajstić information content (AvgIpc) is 2.66. The fourth-order valence-electron chi connectivity index (χ4n) is 3.15. The van der Waals surface area contributed by atoms with Crippen LogP contribution in [0.25, 0.3) is 0 Å². The van der Waals surface area contributed by atoms with Crippen LogP contribution >= 0.6 is 0 Å². The lowest BCUT2D eigenvalue weighted by atomic mass is 9.96. The quantitative estimate of drug-likeness (QED) is 0.812. The van der Waals surface area contributed by atoms with E-state index in [1.54, 1.807) is 0 Å². The number of likely N-dealkylation sites (N-methyl/N-ethyl adjacent to an activating group) is 1. The van der Waals surface area contributed by atoms with Crippen molar-refractivity contribution in [2.24, 2.45) is 5.92 Å². The highest BCUT2D eigenvalue weighted by Crippen LogP contribution is 2.20.